The molecule has 1 aliphatic heterocycles. The second kappa shape index (κ2) is 6.90. The second-order valence-corrected chi connectivity index (χ2v) is 9.68. The molecule has 5 atom stereocenters. The van der Waals surface area contributed by atoms with Gasteiger partial charge in [-0.2, -0.15) is 0 Å². The summed E-state index contributed by atoms with van der Waals surface area (Å²) in [5, 5.41) is 0. The zero-order valence-electron chi connectivity index (χ0n) is 18.7. The van der Waals surface area contributed by atoms with Gasteiger partial charge in [-0.05, 0) is 64.8 Å². The molecule has 1 fully saturated rings. The highest BCUT2D eigenvalue weighted by atomic mass is 16.2. The third-order valence-corrected chi connectivity index (χ3v) is 8.00. The Bertz CT molecular complexity index is 1280. The maximum atomic E-state index is 13.9. The number of carbonyl (C=O) groups excluding carboxylic acids is 2. The Morgan fingerprint density at radius 2 is 1.41 bits per heavy atom. The molecule has 1 heterocycles. The summed E-state index contributed by atoms with van der Waals surface area (Å²) >= 11 is 0. The molecule has 4 aliphatic rings. The molecule has 2 bridgehead atoms. The van der Waals surface area contributed by atoms with Gasteiger partial charge in [0.05, 0.1) is 17.5 Å². The number of carbonyl (C=O) groups is 2. The van der Waals surface area contributed by atoms with Gasteiger partial charge in [0.2, 0.25) is 11.8 Å². The van der Waals surface area contributed by atoms with Crippen LogP contribution in [-0.2, 0) is 9.59 Å². The molecule has 3 heteroatoms. The van der Waals surface area contributed by atoms with E-state index in [0.29, 0.717) is 11.6 Å². The molecule has 3 nitrogen and oxygen atoms in total. The van der Waals surface area contributed by atoms with E-state index in [0.717, 1.165) is 12.0 Å². The molecule has 1 saturated heterocycles. The van der Waals surface area contributed by atoms with Crippen LogP contribution in [0.4, 0.5) is 5.69 Å². The molecule has 3 aromatic rings. The van der Waals surface area contributed by atoms with Crippen LogP contribution >= 0.6 is 0 Å². The maximum absolute atomic E-state index is 13.9. The fourth-order valence-electron chi connectivity index (χ4n) is 6.31. The largest absolute Gasteiger partial charge is 0.274 e. The quantitative estimate of drug-likeness (QED) is 0.493. The summed E-state index contributed by atoms with van der Waals surface area (Å²) in [6, 6.07) is 22.9. The fraction of sp³-hybridized carbons (Fsp3) is 0.310. The average Bonchev–Trinajstić information content (AvgIpc) is 3.08. The summed E-state index contributed by atoms with van der Waals surface area (Å²) in [6.45, 7) is 6.46. The number of aryl methyl sites for hydroxylation is 1. The lowest BCUT2D eigenvalue weighted by Gasteiger charge is -2.46. The van der Waals surface area contributed by atoms with E-state index in [1.165, 1.54) is 32.7 Å². The van der Waals surface area contributed by atoms with Gasteiger partial charge in [0, 0.05) is 11.8 Å². The van der Waals surface area contributed by atoms with Crippen molar-refractivity contribution < 1.29 is 9.59 Å². The van der Waals surface area contributed by atoms with Gasteiger partial charge >= 0.3 is 0 Å². The van der Waals surface area contributed by atoms with Crippen molar-refractivity contribution >= 4 is 17.5 Å². The first-order valence-electron chi connectivity index (χ1n) is 11.7. The minimum Gasteiger partial charge on any atom is -0.274 e. The van der Waals surface area contributed by atoms with Crippen molar-refractivity contribution in [2.75, 3.05) is 4.90 Å². The Labute approximate surface area is 189 Å². The van der Waals surface area contributed by atoms with Crippen molar-refractivity contribution in [3.63, 3.8) is 0 Å². The van der Waals surface area contributed by atoms with Crippen LogP contribution in [0.5, 0.6) is 0 Å². The van der Waals surface area contributed by atoms with Crippen molar-refractivity contribution in [2.45, 2.75) is 44.9 Å². The molecular weight excluding hydrogens is 394 g/mol. The normalized spacial score (nSPS) is 26.0. The van der Waals surface area contributed by atoms with Crippen molar-refractivity contribution in [3.8, 4) is 0 Å². The molecule has 32 heavy (non-hydrogen) atoms. The van der Waals surface area contributed by atoms with Gasteiger partial charge < -0.3 is 0 Å². The van der Waals surface area contributed by atoms with Crippen LogP contribution in [0.25, 0.3) is 0 Å². The number of benzene rings is 3. The van der Waals surface area contributed by atoms with E-state index >= 15 is 0 Å². The number of nitrogens with zero attached hydrogens (tertiary/aromatic N) is 1. The fourth-order valence-corrected chi connectivity index (χ4v) is 6.31. The van der Waals surface area contributed by atoms with Gasteiger partial charge in [0.15, 0.2) is 0 Å². The van der Waals surface area contributed by atoms with E-state index in [2.05, 4.69) is 56.3 Å². The summed E-state index contributed by atoms with van der Waals surface area (Å²) in [5.41, 5.74) is 7.98. The third kappa shape index (κ3) is 2.48. The lowest BCUT2D eigenvalue weighted by Crippen LogP contribution is -2.41. The summed E-state index contributed by atoms with van der Waals surface area (Å²) in [5.74, 6) is -0.412. The molecule has 7 rings (SSSR count). The van der Waals surface area contributed by atoms with Gasteiger partial charge in [-0.3, -0.25) is 9.59 Å². The molecule has 0 spiro atoms. The Hall–Kier alpha value is -3.20. The zero-order valence-corrected chi connectivity index (χ0v) is 18.7. The molecule has 160 valence electrons. The molecule has 0 aromatic heterocycles. The molecule has 0 N–H and O–H groups in total. The number of amides is 2. The van der Waals surface area contributed by atoms with E-state index in [1.54, 1.807) is 0 Å². The third-order valence-electron chi connectivity index (χ3n) is 8.00. The van der Waals surface area contributed by atoms with Crippen LogP contribution in [0.1, 0.15) is 71.4 Å². The highest BCUT2D eigenvalue weighted by molar-refractivity contribution is 6.23. The predicted molar refractivity (Wildman–Crippen MR) is 126 cm³/mol. The second-order valence-electron chi connectivity index (χ2n) is 9.68. The van der Waals surface area contributed by atoms with Crippen LogP contribution < -0.4 is 4.90 Å². The molecule has 0 saturated carbocycles. The van der Waals surface area contributed by atoms with Gasteiger partial charge in [0.1, 0.15) is 0 Å². The Morgan fingerprint density at radius 3 is 2.03 bits per heavy atom. The zero-order chi connectivity index (χ0) is 22.1. The number of anilines is 1. The monoisotopic (exact) mass is 421 g/mol. The maximum Gasteiger partial charge on any atom is 0.238 e. The topological polar surface area (TPSA) is 37.4 Å². The van der Waals surface area contributed by atoms with Gasteiger partial charge in [-0.15, -0.1) is 0 Å². The number of hydrogen-bond donors (Lipinski definition) is 0. The molecular formula is C29H27NO2. The smallest absolute Gasteiger partial charge is 0.238 e. The van der Waals surface area contributed by atoms with Crippen LogP contribution in [0.3, 0.4) is 0 Å². The van der Waals surface area contributed by atoms with Crippen LogP contribution in [0, 0.1) is 18.8 Å². The Kier molecular flexibility index (Phi) is 4.20. The first-order chi connectivity index (χ1) is 15.5. The number of imide groups is 1. The number of rotatable bonds is 3. The van der Waals surface area contributed by atoms with Crippen LogP contribution in [0.15, 0.2) is 66.7 Å². The Balaban J connectivity index is 1.55. The van der Waals surface area contributed by atoms with E-state index in [1.807, 2.05) is 31.2 Å². The lowest BCUT2D eigenvalue weighted by atomic mass is 9.54. The van der Waals surface area contributed by atoms with E-state index < -0.39 is 0 Å². The van der Waals surface area contributed by atoms with Crippen LogP contribution in [0.2, 0.25) is 0 Å². The first kappa shape index (κ1) is 19.5. The van der Waals surface area contributed by atoms with Gasteiger partial charge in [0.25, 0.3) is 0 Å². The highest BCUT2D eigenvalue weighted by Crippen LogP contribution is 2.61. The summed E-state index contributed by atoms with van der Waals surface area (Å²) in [4.78, 5) is 29.1. The van der Waals surface area contributed by atoms with Crippen LogP contribution in [-0.4, -0.2) is 11.8 Å². The summed E-state index contributed by atoms with van der Waals surface area (Å²) in [7, 11) is 0. The van der Waals surface area contributed by atoms with Crippen molar-refractivity contribution in [3.05, 3.63) is 100 Å². The van der Waals surface area contributed by atoms with Gasteiger partial charge in [-0.1, -0.05) is 68.4 Å². The minimum absolute atomic E-state index is 0.0466. The van der Waals surface area contributed by atoms with E-state index in [4.69, 9.17) is 0 Å². The van der Waals surface area contributed by atoms with E-state index in [-0.39, 0.29) is 35.5 Å². The molecule has 2 amide bonds. The van der Waals surface area contributed by atoms with Crippen molar-refractivity contribution in [2.24, 2.45) is 11.8 Å². The molecule has 3 aromatic carbocycles. The predicted octanol–water partition coefficient (Wildman–Crippen LogP) is 5.91. The number of hydrogen-bond acceptors (Lipinski definition) is 2. The standard InChI is InChI=1S/C29H27NO2/c1-4-17(3)18-12-13-22-23(15-18)25-21-11-6-5-10-20(21)24(22)26-27(25)29(32)30(28(26)31)19-9-7-8-16(2)14-19/h5-15,17,24-27H,4H2,1-3H3. The first-order valence-corrected chi connectivity index (χ1v) is 11.7. The van der Waals surface area contributed by atoms with Gasteiger partial charge in [-0.25, -0.2) is 4.90 Å². The Morgan fingerprint density at radius 1 is 0.781 bits per heavy atom. The van der Waals surface area contributed by atoms with Crippen molar-refractivity contribution in [1.82, 2.24) is 0 Å². The van der Waals surface area contributed by atoms with E-state index in [9.17, 15) is 9.59 Å². The molecule has 0 radical (unpaired) electrons. The summed E-state index contributed by atoms with van der Waals surface area (Å²) in [6.07, 6.45) is 1.08. The highest BCUT2D eigenvalue weighted by Gasteiger charge is 2.61. The minimum atomic E-state index is -0.331. The molecule has 3 aliphatic carbocycles. The molecule has 5 unspecified atom stereocenters. The average molecular weight is 422 g/mol. The lowest BCUT2D eigenvalue weighted by molar-refractivity contribution is -0.122. The summed E-state index contributed by atoms with van der Waals surface area (Å²) < 4.78 is 0. The SMILES string of the molecule is CCC(C)c1ccc2c(c1)C1c3ccccc3C2C2C(=O)N(c3cccc(C)c3)C(=O)C12. The van der Waals surface area contributed by atoms with Crippen molar-refractivity contribution in [1.29, 1.82) is 0 Å².